The minimum absolute atomic E-state index is 0.0140. The molecule has 14 nitrogen and oxygen atoms in total. The number of fused-ring (bicyclic) bond motifs is 1. The van der Waals surface area contributed by atoms with Gasteiger partial charge in [-0.3, -0.25) is 43.2 Å². The third-order valence-electron chi connectivity index (χ3n) is 7.69. The number of H-pyrrole nitrogens is 1. The molecule has 1 saturated heterocycles. The van der Waals surface area contributed by atoms with Gasteiger partial charge < -0.3 is 20.1 Å². The van der Waals surface area contributed by atoms with E-state index in [1.165, 1.54) is 13.2 Å². The minimum atomic E-state index is -0.965. The molecule has 0 radical (unpaired) electrons. The van der Waals surface area contributed by atoms with Gasteiger partial charge in [-0.15, -0.1) is 0 Å². The number of nitrogens with zero attached hydrogens (tertiary/aromatic N) is 2. The summed E-state index contributed by atoms with van der Waals surface area (Å²) >= 11 is 0. The Morgan fingerprint density at radius 3 is 2.28 bits per heavy atom. The largest absolute Gasteiger partial charge is 0.459 e. The van der Waals surface area contributed by atoms with Crippen molar-refractivity contribution >= 4 is 29.6 Å². The number of hydrogen-bond donors (Lipinski definition) is 3. The highest BCUT2D eigenvalue weighted by atomic mass is 16.6. The van der Waals surface area contributed by atoms with Crippen molar-refractivity contribution < 1.29 is 33.4 Å². The van der Waals surface area contributed by atoms with Gasteiger partial charge in [-0.25, -0.2) is 4.79 Å². The number of aryl methyl sites for hydroxylation is 1. The predicted molar refractivity (Wildman–Crippen MR) is 151 cm³/mol. The van der Waals surface area contributed by atoms with Gasteiger partial charge in [0.2, 0.25) is 11.8 Å². The third kappa shape index (κ3) is 6.91. The molecule has 4 amide bonds. The number of carbonyl (C=O) groups excluding carboxylic acids is 5. The molecule has 2 aromatic rings. The van der Waals surface area contributed by atoms with Crippen molar-refractivity contribution in [3.05, 3.63) is 68.0 Å². The van der Waals surface area contributed by atoms with E-state index in [2.05, 4.69) is 15.6 Å². The second-order valence-corrected chi connectivity index (χ2v) is 10.4. The van der Waals surface area contributed by atoms with Crippen molar-refractivity contribution in [3.63, 3.8) is 0 Å². The van der Waals surface area contributed by atoms with Gasteiger partial charge in [0, 0.05) is 51.6 Å². The number of carbonyl (C=O) groups is 5. The average molecular weight is 598 g/mol. The van der Waals surface area contributed by atoms with Crippen molar-refractivity contribution in [2.24, 2.45) is 5.92 Å². The van der Waals surface area contributed by atoms with Crippen LogP contribution in [0.25, 0.3) is 0 Å². The van der Waals surface area contributed by atoms with E-state index in [-0.39, 0.29) is 62.4 Å². The number of aromatic amines is 1. The molecule has 1 aromatic carbocycles. The van der Waals surface area contributed by atoms with E-state index < -0.39 is 47.1 Å². The summed E-state index contributed by atoms with van der Waals surface area (Å²) in [6, 6.07) is 6.49. The number of hydrogen-bond acceptors (Lipinski definition) is 9. The van der Waals surface area contributed by atoms with Gasteiger partial charge in [-0.05, 0) is 18.6 Å². The number of esters is 1. The molecule has 43 heavy (non-hydrogen) atoms. The normalized spacial score (nSPS) is 21.0. The van der Waals surface area contributed by atoms with Crippen LogP contribution in [0.5, 0.6) is 0 Å². The van der Waals surface area contributed by atoms with E-state index in [0.717, 1.165) is 9.47 Å². The van der Waals surface area contributed by atoms with Gasteiger partial charge in [0.15, 0.2) is 0 Å². The standard InChI is InChI=1S/C29H35N5O9/c1-4-20-16(2)24(43-23(37)10-9-21(35)30-3)25(42-20)19-15-33(29(41)32-26(19)38)13-11-22(36)31-12-14-34-27(39)17-7-5-6-8-18(17)28(34)40/h5-8,15-16,20,24-25H,4,9-14H2,1-3H3,(H,30,35)(H,31,36)(H,32,38,41)/t16?,20-,24+,25+/m1/s1. The van der Waals surface area contributed by atoms with Crippen LogP contribution in [-0.4, -0.2) is 76.4 Å². The van der Waals surface area contributed by atoms with Crippen LogP contribution in [0.3, 0.4) is 0 Å². The highest BCUT2D eigenvalue weighted by molar-refractivity contribution is 6.21. The third-order valence-corrected chi connectivity index (χ3v) is 7.69. The van der Waals surface area contributed by atoms with E-state index in [1.807, 2.05) is 13.8 Å². The Morgan fingerprint density at radius 2 is 1.65 bits per heavy atom. The average Bonchev–Trinajstić information content (AvgIpc) is 3.43. The molecule has 0 spiro atoms. The van der Waals surface area contributed by atoms with Crippen LogP contribution in [0, 0.1) is 5.92 Å². The van der Waals surface area contributed by atoms with Crippen LogP contribution in [0.4, 0.5) is 0 Å². The predicted octanol–water partition coefficient (Wildman–Crippen LogP) is 0.263. The summed E-state index contributed by atoms with van der Waals surface area (Å²) in [5.41, 5.74) is -0.730. The molecule has 3 N–H and O–H groups in total. The van der Waals surface area contributed by atoms with Crippen molar-refractivity contribution in [2.75, 3.05) is 20.1 Å². The summed E-state index contributed by atoms with van der Waals surface area (Å²) in [5.74, 6) is -2.49. The van der Waals surface area contributed by atoms with Crippen molar-refractivity contribution in [2.45, 2.75) is 64.4 Å². The molecule has 2 aliphatic heterocycles. The zero-order chi connectivity index (χ0) is 31.3. The Labute approximate surface area is 246 Å². The van der Waals surface area contributed by atoms with Crippen LogP contribution in [0.1, 0.15) is 71.9 Å². The number of rotatable bonds is 12. The number of benzene rings is 1. The first-order valence-electron chi connectivity index (χ1n) is 14.2. The monoisotopic (exact) mass is 597 g/mol. The van der Waals surface area contributed by atoms with Crippen LogP contribution in [0.2, 0.25) is 0 Å². The van der Waals surface area contributed by atoms with Gasteiger partial charge in [-0.1, -0.05) is 26.0 Å². The lowest BCUT2D eigenvalue weighted by molar-refractivity contribution is -0.154. The number of nitrogens with one attached hydrogen (secondary N) is 3. The van der Waals surface area contributed by atoms with Crippen LogP contribution < -0.4 is 21.9 Å². The molecule has 0 saturated carbocycles. The smallest absolute Gasteiger partial charge is 0.328 e. The molecule has 4 rings (SSSR count). The molecule has 0 bridgehead atoms. The number of ether oxygens (including phenoxy) is 2. The van der Waals surface area contributed by atoms with E-state index in [4.69, 9.17) is 9.47 Å². The SMILES string of the molecule is CC[C@H]1O[C@@H](c2cn(CCC(=O)NCCN3C(=O)c4ccccc4C3=O)c(=O)[nH]c2=O)[C@@H](OC(=O)CCC(=O)NC)C1C. The molecule has 3 heterocycles. The first-order valence-corrected chi connectivity index (χ1v) is 14.2. The molecule has 230 valence electrons. The Balaban J connectivity index is 1.38. The summed E-state index contributed by atoms with van der Waals surface area (Å²) in [6.45, 7) is 3.65. The molecule has 14 heteroatoms. The van der Waals surface area contributed by atoms with E-state index in [9.17, 15) is 33.6 Å². The van der Waals surface area contributed by atoms with Gasteiger partial charge >= 0.3 is 11.7 Å². The second kappa shape index (κ2) is 13.6. The van der Waals surface area contributed by atoms with Gasteiger partial charge in [-0.2, -0.15) is 0 Å². The minimum Gasteiger partial charge on any atom is -0.459 e. The molecule has 1 unspecified atom stereocenters. The first-order chi connectivity index (χ1) is 20.5. The number of amides is 4. The quantitative estimate of drug-likeness (QED) is 0.228. The lowest BCUT2D eigenvalue weighted by Gasteiger charge is -2.22. The summed E-state index contributed by atoms with van der Waals surface area (Å²) < 4.78 is 12.9. The van der Waals surface area contributed by atoms with Gasteiger partial charge in [0.1, 0.15) is 12.2 Å². The zero-order valence-corrected chi connectivity index (χ0v) is 24.2. The van der Waals surface area contributed by atoms with Crippen LogP contribution in [-0.2, 0) is 30.4 Å². The summed E-state index contributed by atoms with van der Waals surface area (Å²) in [7, 11) is 1.46. The lowest BCUT2D eigenvalue weighted by atomic mass is 9.94. The summed E-state index contributed by atoms with van der Waals surface area (Å²) in [5, 5.41) is 5.07. The Kier molecular flexibility index (Phi) is 9.91. The molecule has 4 atom stereocenters. The highest BCUT2D eigenvalue weighted by Crippen LogP contribution is 2.39. The van der Waals surface area contributed by atoms with Crippen molar-refractivity contribution in [1.29, 1.82) is 0 Å². The Hall–Kier alpha value is -4.59. The highest BCUT2D eigenvalue weighted by Gasteiger charge is 2.45. The van der Waals surface area contributed by atoms with Crippen molar-refractivity contribution in [3.8, 4) is 0 Å². The van der Waals surface area contributed by atoms with Crippen molar-refractivity contribution in [1.82, 2.24) is 25.1 Å². The number of imide groups is 1. The summed E-state index contributed by atoms with van der Waals surface area (Å²) in [6.07, 6.45) is -0.571. The molecule has 0 aliphatic carbocycles. The zero-order valence-electron chi connectivity index (χ0n) is 24.2. The maximum atomic E-state index is 12.8. The van der Waals surface area contributed by atoms with Gasteiger partial charge in [0.05, 0.1) is 29.2 Å². The second-order valence-electron chi connectivity index (χ2n) is 10.4. The summed E-state index contributed by atoms with van der Waals surface area (Å²) in [4.78, 5) is 90.2. The van der Waals surface area contributed by atoms with E-state index in [0.29, 0.717) is 17.5 Å². The fourth-order valence-corrected chi connectivity index (χ4v) is 5.27. The fourth-order valence-electron chi connectivity index (χ4n) is 5.27. The van der Waals surface area contributed by atoms with Crippen LogP contribution in [0.15, 0.2) is 40.1 Å². The number of aromatic nitrogens is 2. The fraction of sp³-hybridized carbons (Fsp3) is 0.483. The molecule has 1 fully saturated rings. The van der Waals surface area contributed by atoms with Gasteiger partial charge in [0.25, 0.3) is 17.4 Å². The van der Waals surface area contributed by atoms with E-state index in [1.54, 1.807) is 24.3 Å². The first kappa shape index (κ1) is 31.3. The maximum Gasteiger partial charge on any atom is 0.328 e. The molecular formula is C29H35N5O9. The Bertz CT molecular complexity index is 1500. The Morgan fingerprint density at radius 1 is 0.977 bits per heavy atom. The molecule has 1 aromatic heterocycles. The van der Waals surface area contributed by atoms with E-state index >= 15 is 0 Å². The lowest BCUT2D eigenvalue weighted by Crippen LogP contribution is -2.39. The van der Waals surface area contributed by atoms with Crippen LogP contribution >= 0.6 is 0 Å². The molecular weight excluding hydrogens is 562 g/mol. The maximum absolute atomic E-state index is 12.8. The molecule has 2 aliphatic rings. The topological polar surface area (TPSA) is 186 Å².